The van der Waals surface area contributed by atoms with Crippen LogP contribution in [0.1, 0.15) is 23.3 Å². The van der Waals surface area contributed by atoms with Gasteiger partial charge in [-0.1, -0.05) is 0 Å². The highest BCUT2D eigenvalue weighted by atomic mass is 16.1. The number of rotatable bonds is 3. The van der Waals surface area contributed by atoms with Gasteiger partial charge in [-0.2, -0.15) is 0 Å². The van der Waals surface area contributed by atoms with Crippen LogP contribution < -0.4 is 10.2 Å². The number of carbonyl (C=O) groups is 1. The lowest BCUT2D eigenvalue weighted by atomic mass is 10.2. The van der Waals surface area contributed by atoms with E-state index in [1.54, 1.807) is 6.20 Å². The SMILES string of the molecule is O=C(Nc1ccc(N2CCCC2)cc1)c1cnccn1. The Labute approximate surface area is 117 Å². The maximum Gasteiger partial charge on any atom is 0.275 e. The minimum Gasteiger partial charge on any atom is -0.372 e. The van der Waals surface area contributed by atoms with E-state index in [0.717, 1.165) is 18.8 Å². The third-order valence-electron chi connectivity index (χ3n) is 3.39. The van der Waals surface area contributed by atoms with Crippen LogP contribution in [0.15, 0.2) is 42.9 Å². The zero-order valence-corrected chi connectivity index (χ0v) is 11.1. The molecule has 0 bridgehead atoms. The molecule has 1 N–H and O–H groups in total. The smallest absolute Gasteiger partial charge is 0.275 e. The molecule has 102 valence electrons. The van der Waals surface area contributed by atoms with E-state index in [1.807, 2.05) is 24.3 Å². The number of carbonyl (C=O) groups excluding carboxylic acids is 1. The number of nitrogens with zero attached hydrogens (tertiary/aromatic N) is 3. The van der Waals surface area contributed by atoms with Crippen molar-refractivity contribution in [2.45, 2.75) is 12.8 Å². The first-order valence-electron chi connectivity index (χ1n) is 6.75. The molecule has 2 aromatic rings. The second-order valence-corrected chi connectivity index (χ2v) is 4.79. The van der Waals surface area contributed by atoms with E-state index in [1.165, 1.54) is 30.9 Å². The Hall–Kier alpha value is -2.43. The number of nitrogens with one attached hydrogen (secondary N) is 1. The van der Waals surface area contributed by atoms with Crippen molar-refractivity contribution < 1.29 is 4.79 Å². The van der Waals surface area contributed by atoms with Gasteiger partial charge in [0.05, 0.1) is 6.20 Å². The molecule has 1 amide bonds. The van der Waals surface area contributed by atoms with Crippen molar-refractivity contribution in [3.8, 4) is 0 Å². The van der Waals surface area contributed by atoms with Gasteiger partial charge in [-0.3, -0.25) is 9.78 Å². The molecule has 0 aliphatic carbocycles. The van der Waals surface area contributed by atoms with Crippen molar-refractivity contribution in [2.75, 3.05) is 23.3 Å². The van der Waals surface area contributed by atoms with Crippen molar-refractivity contribution in [2.24, 2.45) is 0 Å². The minimum atomic E-state index is -0.243. The number of hydrogen-bond acceptors (Lipinski definition) is 4. The normalized spacial score (nSPS) is 14.3. The number of hydrogen-bond donors (Lipinski definition) is 1. The van der Waals surface area contributed by atoms with E-state index in [9.17, 15) is 4.79 Å². The van der Waals surface area contributed by atoms with Crippen LogP contribution in [0, 0.1) is 0 Å². The molecule has 0 radical (unpaired) electrons. The van der Waals surface area contributed by atoms with Crippen molar-refractivity contribution >= 4 is 17.3 Å². The Morgan fingerprint density at radius 3 is 2.50 bits per heavy atom. The highest BCUT2D eigenvalue weighted by Gasteiger charge is 2.12. The molecule has 1 fully saturated rings. The van der Waals surface area contributed by atoms with E-state index in [0.29, 0.717) is 5.69 Å². The number of benzene rings is 1. The van der Waals surface area contributed by atoms with Gasteiger partial charge in [0.1, 0.15) is 5.69 Å². The van der Waals surface area contributed by atoms with Crippen LogP contribution in [0.25, 0.3) is 0 Å². The lowest BCUT2D eigenvalue weighted by Gasteiger charge is -2.17. The largest absolute Gasteiger partial charge is 0.372 e. The summed E-state index contributed by atoms with van der Waals surface area (Å²) in [4.78, 5) is 22.1. The zero-order valence-electron chi connectivity index (χ0n) is 11.1. The Kier molecular flexibility index (Phi) is 3.58. The van der Waals surface area contributed by atoms with Crippen LogP contribution >= 0.6 is 0 Å². The fourth-order valence-corrected chi connectivity index (χ4v) is 2.34. The van der Waals surface area contributed by atoms with Gasteiger partial charge >= 0.3 is 0 Å². The number of anilines is 2. The summed E-state index contributed by atoms with van der Waals surface area (Å²) in [5.74, 6) is -0.243. The summed E-state index contributed by atoms with van der Waals surface area (Å²) >= 11 is 0. The number of amides is 1. The van der Waals surface area contributed by atoms with Gasteiger partial charge in [-0.25, -0.2) is 4.98 Å². The summed E-state index contributed by atoms with van der Waals surface area (Å²) in [6.07, 6.45) is 7.01. The highest BCUT2D eigenvalue weighted by molar-refractivity contribution is 6.02. The van der Waals surface area contributed by atoms with Crippen molar-refractivity contribution in [1.29, 1.82) is 0 Å². The maximum absolute atomic E-state index is 11.9. The van der Waals surface area contributed by atoms with Gasteiger partial charge in [0, 0.05) is 36.9 Å². The van der Waals surface area contributed by atoms with E-state index in [-0.39, 0.29) is 5.91 Å². The molecule has 0 unspecified atom stereocenters. The molecule has 20 heavy (non-hydrogen) atoms. The summed E-state index contributed by atoms with van der Waals surface area (Å²) in [7, 11) is 0. The van der Waals surface area contributed by atoms with Crippen LogP contribution in [-0.4, -0.2) is 29.0 Å². The summed E-state index contributed by atoms with van der Waals surface area (Å²) in [5.41, 5.74) is 2.29. The third-order valence-corrected chi connectivity index (χ3v) is 3.39. The molecule has 1 aromatic heterocycles. The summed E-state index contributed by atoms with van der Waals surface area (Å²) in [6, 6.07) is 7.92. The average Bonchev–Trinajstić information content (AvgIpc) is 3.03. The predicted molar refractivity (Wildman–Crippen MR) is 77.9 cm³/mol. The fraction of sp³-hybridized carbons (Fsp3) is 0.267. The zero-order chi connectivity index (χ0) is 13.8. The van der Waals surface area contributed by atoms with Crippen LogP contribution in [-0.2, 0) is 0 Å². The van der Waals surface area contributed by atoms with Gasteiger partial charge < -0.3 is 10.2 Å². The molecule has 1 saturated heterocycles. The standard InChI is InChI=1S/C15H16N4O/c20-15(14-11-16-7-8-17-14)18-12-3-5-13(6-4-12)19-9-1-2-10-19/h3-8,11H,1-2,9-10H2,(H,18,20). The molecule has 1 aliphatic rings. The molecule has 2 heterocycles. The first-order valence-corrected chi connectivity index (χ1v) is 6.75. The van der Waals surface area contributed by atoms with E-state index < -0.39 is 0 Å². The van der Waals surface area contributed by atoms with Crippen LogP contribution in [0.5, 0.6) is 0 Å². The quantitative estimate of drug-likeness (QED) is 0.928. The first-order chi connectivity index (χ1) is 9.83. The van der Waals surface area contributed by atoms with Gasteiger partial charge in [0.15, 0.2) is 0 Å². The van der Waals surface area contributed by atoms with Crippen molar-refractivity contribution in [3.05, 3.63) is 48.5 Å². The second kappa shape index (κ2) is 5.69. The Bertz CT molecular complexity index is 577. The number of aromatic nitrogens is 2. The van der Waals surface area contributed by atoms with Crippen molar-refractivity contribution in [3.63, 3.8) is 0 Å². The molecule has 1 aliphatic heterocycles. The Balaban J connectivity index is 1.67. The second-order valence-electron chi connectivity index (χ2n) is 4.79. The monoisotopic (exact) mass is 268 g/mol. The van der Waals surface area contributed by atoms with E-state index in [2.05, 4.69) is 20.2 Å². The fourth-order valence-electron chi connectivity index (χ4n) is 2.34. The summed E-state index contributed by atoms with van der Waals surface area (Å²) in [6.45, 7) is 2.23. The Morgan fingerprint density at radius 2 is 1.85 bits per heavy atom. The molecule has 5 nitrogen and oxygen atoms in total. The maximum atomic E-state index is 11.9. The minimum absolute atomic E-state index is 0.243. The molecule has 5 heteroatoms. The molecule has 3 rings (SSSR count). The molecular formula is C15H16N4O. The lowest BCUT2D eigenvalue weighted by Crippen LogP contribution is -2.17. The van der Waals surface area contributed by atoms with E-state index in [4.69, 9.17) is 0 Å². The van der Waals surface area contributed by atoms with Crippen LogP contribution in [0.3, 0.4) is 0 Å². The van der Waals surface area contributed by atoms with Gasteiger partial charge in [-0.05, 0) is 37.1 Å². The predicted octanol–water partition coefficient (Wildman–Crippen LogP) is 2.33. The van der Waals surface area contributed by atoms with Crippen molar-refractivity contribution in [1.82, 2.24) is 9.97 Å². The first kappa shape index (κ1) is 12.6. The topological polar surface area (TPSA) is 58.1 Å². The molecule has 0 atom stereocenters. The Morgan fingerprint density at radius 1 is 1.10 bits per heavy atom. The van der Waals surface area contributed by atoms with Crippen LogP contribution in [0.2, 0.25) is 0 Å². The molecule has 0 saturated carbocycles. The van der Waals surface area contributed by atoms with Crippen LogP contribution in [0.4, 0.5) is 11.4 Å². The molecular weight excluding hydrogens is 252 g/mol. The molecule has 1 aromatic carbocycles. The molecule has 0 spiro atoms. The van der Waals surface area contributed by atoms with E-state index >= 15 is 0 Å². The van der Waals surface area contributed by atoms with Gasteiger partial charge in [0.25, 0.3) is 5.91 Å². The van der Waals surface area contributed by atoms with Gasteiger partial charge in [0.2, 0.25) is 0 Å². The third kappa shape index (κ3) is 2.77. The average molecular weight is 268 g/mol. The summed E-state index contributed by atoms with van der Waals surface area (Å²) < 4.78 is 0. The lowest BCUT2D eigenvalue weighted by molar-refractivity contribution is 0.102. The highest BCUT2D eigenvalue weighted by Crippen LogP contribution is 2.22. The van der Waals surface area contributed by atoms with Gasteiger partial charge in [-0.15, -0.1) is 0 Å². The summed E-state index contributed by atoms with van der Waals surface area (Å²) in [5, 5.41) is 2.82.